The van der Waals surface area contributed by atoms with Gasteiger partial charge in [-0.05, 0) is 38.0 Å². The van der Waals surface area contributed by atoms with E-state index in [0.29, 0.717) is 16.8 Å². The summed E-state index contributed by atoms with van der Waals surface area (Å²) < 4.78 is 0. The Balaban J connectivity index is 2.17. The van der Waals surface area contributed by atoms with E-state index in [1.54, 1.807) is 0 Å². The molecule has 0 aromatic heterocycles. The quantitative estimate of drug-likeness (QED) is 0.807. The molecule has 1 atom stereocenters. The number of thiocarbonyl (C=S) groups is 1. The van der Waals surface area contributed by atoms with Crippen molar-refractivity contribution in [1.29, 1.82) is 0 Å². The van der Waals surface area contributed by atoms with Crippen molar-refractivity contribution < 1.29 is 4.79 Å². The van der Waals surface area contributed by atoms with Crippen LogP contribution in [0, 0.1) is 11.3 Å². The second kappa shape index (κ2) is 5.78. The van der Waals surface area contributed by atoms with Gasteiger partial charge in [0.25, 0.3) is 0 Å². The molecular weight excluding hydrogens is 256 g/mol. The molecule has 2 N–H and O–H groups in total. The lowest BCUT2D eigenvalue weighted by molar-refractivity contribution is -0.142. The smallest absolute Gasteiger partial charge is 0.229 e. The molecule has 0 radical (unpaired) electrons. The van der Waals surface area contributed by atoms with Gasteiger partial charge in [0.15, 0.2) is 0 Å². The molecule has 0 aromatic carbocycles. The Morgan fingerprint density at radius 3 is 2.53 bits per heavy atom. The predicted molar refractivity (Wildman–Crippen MR) is 81.9 cm³/mol. The molecule has 2 rings (SSSR count). The lowest BCUT2D eigenvalue weighted by Gasteiger charge is -2.36. The lowest BCUT2D eigenvalue weighted by atomic mass is 9.77. The summed E-state index contributed by atoms with van der Waals surface area (Å²) in [6, 6.07) is 0.00661. The molecule has 0 aromatic rings. The normalized spacial score (nSPS) is 26.1. The molecule has 19 heavy (non-hydrogen) atoms. The Labute approximate surface area is 121 Å². The number of nitrogens with zero attached hydrogens (tertiary/aromatic N) is 1. The Bertz CT molecular complexity index is 361. The Kier molecular flexibility index (Phi) is 4.49. The van der Waals surface area contributed by atoms with Gasteiger partial charge in [-0.15, -0.1) is 0 Å². The van der Waals surface area contributed by atoms with Crippen molar-refractivity contribution in [1.82, 2.24) is 4.90 Å². The molecule has 2 aliphatic rings. The van der Waals surface area contributed by atoms with Crippen LogP contribution in [0.2, 0.25) is 0 Å². The van der Waals surface area contributed by atoms with Crippen molar-refractivity contribution in [2.24, 2.45) is 17.1 Å². The fraction of sp³-hybridized carbons (Fsp3) is 0.867. The van der Waals surface area contributed by atoms with E-state index in [2.05, 4.69) is 13.8 Å². The lowest BCUT2D eigenvalue weighted by Crippen LogP contribution is -2.49. The molecule has 1 amide bonds. The van der Waals surface area contributed by atoms with E-state index in [1.165, 1.54) is 12.8 Å². The van der Waals surface area contributed by atoms with Crippen LogP contribution in [0.5, 0.6) is 0 Å². The number of carbonyl (C=O) groups excluding carboxylic acids is 1. The minimum atomic E-state index is -0.123. The fourth-order valence-electron chi connectivity index (χ4n) is 3.95. The molecule has 1 aliphatic carbocycles. The summed E-state index contributed by atoms with van der Waals surface area (Å²) in [5.41, 5.74) is 5.68. The van der Waals surface area contributed by atoms with Gasteiger partial charge in [-0.25, -0.2) is 0 Å². The minimum absolute atomic E-state index is 0.00661. The highest BCUT2D eigenvalue weighted by Gasteiger charge is 2.46. The van der Waals surface area contributed by atoms with Crippen LogP contribution in [0.15, 0.2) is 0 Å². The van der Waals surface area contributed by atoms with Crippen LogP contribution >= 0.6 is 12.2 Å². The average molecular weight is 282 g/mol. The molecule has 108 valence electrons. The van der Waals surface area contributed by atoms with Gasteiger partial charge in [-0.2, -0.15) is 0 Å². The number of amides is 1. The number of hydrogen-bond donors (Lipinski definition) is 1. The standard InChI is InChI=1S/C15H26N2OS/c1-11(2)10-15(7-3-4-8-15)14(18)17-9-5-6-12(17)13(16)19/h11-12H,3-10H2,1-2H3,(H2,16,19). The van der Waals surface area contributed by atoms with Gasteiger partial charge in [0.2, 0.25) is 5.91 Å². The van der Waals surface area contributed by atoms with E-state index in [-0.39, 0.29) is 11.5 Å². The highest BCUT2D eigenvalue weighted by Crippen LogP contribution is 2.45. The van der Waals surface area contributed by atoms with Crippen LogP contribution in [0.3, 0.4) is 0 Å². The fourth-order valence-corrected chi connectivity index (χ4v) is 4.19. The third-order valence-electron chi connectivity index (χ3n) is 4.66. The van der Waals surface area contributed by atoms with Crippen LogP contribution < -0.4 is 5.73 Å². The number of rotatable bonds is 4. The maximum absolute atomic E-state index is 13.0. The first-order valence-electron chi connectivity index (χ1n) is 7.57. The molecule has 0 spiro atoms. The molecular formula is C15H26N2OS. The Hall–Kier alpha value is -0.640. The van der Waals surface area contributed by atoms with Crippen molar-refractivity contribution >= 4 is 23.1 Å². The third-order valence-corrected chi connectivity index (χ3v) is 4.93. The van der Waals surface area contributed by atoms with Crippen LogP contribution in [0.25, 0.3) is 0 Å². The number of carbonyl (C=O) groups is 1. The number of likely N-dealkylation sites (tertiary alicyclic amines) is 1. The first kappa shape index (κ1) is 14.8. The second-order valence-electron chi connectivity index (χ2n) is 6.64. The van der Waals surface area contributed by atoms with E-state index < -0.39 is 0 Å². The van der Waals surface area contributed by atoms with Crippen molar-refractivity contribution in [3.8, 4) is 0 Å². The van der Waals surface area contributed by atoms with Gasteiger partial charge < -0.3 is 10.6 Å². The van der Waals surface area contributed by atoms with Gasteiger partial charge in [-0.1, -0.05) is 38.9 Å². The molecule has 0 bridgehead atoms. The molecule has 1 aliphatic heterocycles. The molecule has 1 heterocycles. The summed E-state index contributed by atoms with van der Waals surface area (Å²) in [7, 11) is 0. The first-order valence-corrected chi connectivity index (χ1v) is 7.97. The van der Waals surface area contributed by atoms with Crippen molar-refractivity contribution in [3.05, 3.63) is 0 Å². The summed E-state index contributed by atoms with van der Waals surface area (Å²) in [6.07, 6.45) is 7.44. The summed E-state index contributed by atoms with van der Waals surface area (Å²) in [5, 5.41) is 0. The van der Waals surface area contributed by atoms with Gasteiger partial charge in [-0.3, -0.25) is 4.79 Å². The SMILES string of the molecule is CC(C)CC1(C(=O)N2CCCC2C(N)=S)CCCC1. The van der Waals surface area contributed by atoms with E-state index in [1.807, 2.05) is 4.90 Å². The molecule has 2 fully saturated rings. The second-order valence-corrected chi connectivity index (χ2v) is 7.12. The van der Waals surface area contributed by atoms with Crippen molar-refractivity contribution in [3.63, 3.8) is 0 Å². The van der Waals surface area contributed by atoms with E-state index in [0.717, 1.165) is 38.6 Å². The van der Waals surface area contributed by atoms with Gasteiger partial charge in [0.05, 0.1) is 11.0 Å². The molecule has 1 unspecified atom stereocenters. The van der Waals surface area contributed by atoms with Crippen LogP contribution in [0.1, 0.15) is 58.8 Å². The minimum Gasteiger partial charge on any atom is -0.392 e. The van der Waals surface area contributed by atoms with Crippen LogP contribution in [0.4, 0.5) is 0 Å². The third kappa shape index (κ3) is 2.93. The highest BCUT2D eigenvalue weighted by atomic mass is 32.1. The largest absolute Gasteiger partial charge is 0.392 e. The van der Waals surface area contributed by atoms with Crippen LogP contribution in [-0.4, -0.2) is 28.4 Å². The van der Waals surface area contributed by atoms with E-state index in [9.17, 15) is 4.79 Å². The average Bonchev–Trinajstić information content (AvgIpc) is 2.95. The zero-order chi connectivity index (χ0) is 14.0. The first-order chi connectivity index (χ1) is 8.96. The maximum atomic E-state index is 13.0. The van der Waals surface area contributed by atoms with Gasteiger partial charge in [0, 0.05) is 12.0 Å². The van der Waals surface area contributed by atoms with E-state index >= 15 is 0 Å². The monoisotopic (exact) mass is 282 g/mol. The molecule has 3 nitrogen and oxygen atoms in total. The zero-order valence-corrected chi connectivity index (χ0v) is 13.0. The molecule has 1 saturated carbocycles. The molecule has 1 saturated heterocycles. The zero-order valence-electron chi connectivity index (χ0n) is 12.2. The Morgan fingerprint density at radius 1 is 1.37 bits per heavy atom. The van der Waals surface area contributed by atoms with E-state index in [4.69, 9.17) is 18.0 Å². The summed E-state index contributed by atoms with van der Waals surface area (Å²) >= 11 is 5.13. The predicted octanol–water partition coefficient (Wildman–Crippen LogP) is 2.87. The number of hydrogen-bond acceptors (Lipinski definition) is 2. The van der Waals surface area contributed by atoms with Gasteiger partial charge >= 0.3 is 0 Å². The summed E-state index contributed by atoms with van der Waals surface area (Å²) in [5.74, 6) is 0.891. The number of nitrogens with two attached hydrogens (primary N) is 1. The summed E-state index contributed by atoms with van der Waals surface area (Å²) in [6.45, 7) is 5.26. The summed E-state index contributed by atoms with van der Waals surface area (Å²) in [4.78, 5) is 15.5. The molecule has 4 heteroatoms. The highest BCUT2D eigenvalue weighted by molar-refractivity contribution is 7.80. The van der Waals surface area contributed by atoms with Crippen molar-refractivity contribution in [2.75, 3.05) is 6.54 Å². The van der Waals surface area contributed by atoms with Gasteiger partial charge in [0.1, 0.15) is 0 Å². The van der Waals surface area contributed by atoms with Crippen molar-refractivity contribution in [2.45, 2.75) is 64.8 Å². The maximum Gasteiger partial charge on any atom is 0.229 e. The van der Waals surface area contributed by atoms with Crippen LogP contribution in [-0.2, 0) is 4.79 Å². The topological polar surface area (TPSA) is 46.3 Å². The Morgan fingerprint density at radius 2 is 2.00 bits per heavy atom.